The Morgan fingerprint density at radius 2 is 1.85 bits per heavy atom. The lowest BCUT2D eigenvalue weighted by Gasteiger charge is -2.02. The van der Waals surface area contributed by atoms with Gasteiger partial charge < -0.3 is 9.73 Å². The molecule has 0 aliphatic carbocycles. The fourth-order valence-electron chi connectivity index (χ4n) is 1.82. The van der Waals surface area contributed by atoms with Crippen LogP contribution in [0.5, 0.6) is 0 Å². The Morgan fingerprint density at radius 3 is 2.50 bits per heavy atom. The van der Waals surface area contributed by atoms with Gasteiger partial charge in [-0.05, 0) is 13.0 Å². The van der Waals surface area contributed by atoms with Crippen molar-refractivity contribution in [2.24, 2.45) is 0 Å². The molecule has 0 saturated carbocycles. The van der Waals surface area contributed by atoms with Crippen molar-refractivity contribution < 1.29 is 17.6 Å². The number of aromatic nitrogens is 1. The largest absolute Gasteiger partial charge is 0.440 e. The summed E-state index contributed by atoms with van der Waals surface area (Å²) in [4.78, 5) is 3.96. The van der Waals surface area contributed by atoms with Gasteiger partial charge in [-0.3, -0.25) is 0 Å². The third-order valence-corrected chi connectivity index (χ3v) is 2.75. The van der Waals surface area contributed by atoms with Crippen molar-refractivity contribution >= 4 is 0 Å². The highest BCUT2D eigenvalue weighted by molar-refractivity contribution is 5.58. The summed E-state index contributed by atoms with van der Waals surface area (Å²) in [7, 11) is 0. The highest BCUT2D eigenvalue weighted by Gasteiger charge is 2.17. The molecule has 0 unspecified atom stereocenters. The Hall–Kier alpha value is -1.82. The number of oxazole rings is 1. The third-order valence-electron chi connectivity index (χ3n) is 2.75. The smallest absolute Gasteiger partial charge is 0.196 e. The SMILES string of the molecule is CCCNCCc1ncc(-c2c(F)cc(F)cc2F)o1. The number of halogens is 3. The van der Waals surface area contributed by atoms with E-state index in [0.29, 0.717) is 31.0 Å². The normalized spacial score (nSPS) is 11.0. The maximum absolute atomic E-state index is 13.6. The molecule has 0 aliphatic rings. The van der Waals surface area contributed by atoms with Gasteiger partial charge >= 0.3 is 0 Å². The molecule has 0 bridgehead atoms. The second-order valence-electron chi connectivity index (χ2n) is 4.36. The van der Waals surface area contributed by atoms with Crippen molar-refractivity contribution in [2.45, 2.75) is 19.8 Å². The summed E-state index contributed by atoms with van der Waals surface area (Å²) in [6, 6.07) is 1.23. The van der Waals surface area contributed by atoms with E-state index in [9.17, 15) is 13.2 Å². The minimum atomic E-state index is -1.01. The number of hydrogen-bond donors (Lipinski definition) is 1. The van der Waals surface area contributed by atoms with Gasteiger partial charge in [0.1, 0.15) is 17.5 Å². The zero-order valence-electron chi connectivity index (χ0n) is 11.0. The lowest BCUT2D eigenvalue weighted by atomic mass is 10.1. The molecule has 0 fully saturated rings. The fraction of sp³-hybridized carbons (Fsp3) is 0.357. The van der Waals surface area contributed by atoms with Gasteiger partial charge in [-0.1, -0.05) is 6.92 Å². The van der Waals surface area contributed by atoms with Crippen LogP contribution in [0.3, 0.4) is 0 Å². The summed E-state index contributed by atoms with van der Waals surface area (Å²) in [5.74, 6) is -2.63. The fourth-order valence-corrected chi connectivity index (χ4v) is 1.82. The molecule has 2 aromatic rings. The zero-order chi connectivity index (χ0) is 14.5. The highest BCUT2D eigenvalue weighted by atomic mass is 19.1. The summed E-state index contributed by atoms with van der Waals surface area (Å²) in [5, 5.41) is 3.17. The van der Waals surface area contributed by atoms with Gasteiger partial charge in [0.15, 0.2) is 11.7 Å². The highest BCUT2D eigenvalue weighted by Crippen LogP contribution is 2.27. The summed E-state index contributed by atoms with van der Waals surface area (Å²) < 4.78 is 45.3. The number of rotatable bonds is 6. The average molecular weight is 284 g/mol. The first-order valence-electron chi connectivity index (χ1n) is 6.42. The number of benzene rings is 1. The van der Waals surface area contributed by atoms with Crippen LogP contribution < -0.4 is 5.32 Å². The molecule has 20 heavy (non-hydrogen) atoms. The van der Waals surface area contributed by atoms with Gasteiger partial charge in [-0.2, -0.15) is 0 Å². The van der Waals surface area contributed by atoms with Crippen molar-refractivity contribution in [3.63, 3.8) is 0 Å². The van der Waals surface area contributed by atoms with E-state index < -0.39 is 23.0 Å². The minimum Gasteiger partial charge on any atom is -0.440 e. The molecular weight excluding hydrogens is 269 g/mol. The molecule has 0 amide bonds. The van der Waals surface area contributed by atoms with Crippen LogP contribution in [0.4, 0.5) is 13.2 Å². The molecule has 1 heterocycles. The van der Waals surface area contributed by atoms with Crippen LogP contribution in [0.1, 0.15) is 19.2 Å². The molecule has 1 aromatic carbocycles. The predicted molar refractivity (Wildman–Crippen MR) is 68.7 cm³/mol. The van der Waals surface area contributed by atoms with Gasteiger partial charge in [0.05, 0.1) is 11.8 Å². The summed E-state index contributed by atoms with van der Waals surface area (Å²) in [6.45, 7) is 3.60. The van der Waals surface area contributed by atoms with E-state index in [2.05, 4.69) is 17.2 Å². The lowest BCUT2D eigenvalue weighted by molar-refractivity contribution is 0.484. The van der Waals surface area contributed by atoms with Crippen molar-refractivity contribution in [2.75, 3.05) is 13.1 Å². The number of nitrogens with one attached hydrogen (secondary N) is 1. The van der Waals surface area contributed by atoms with Crippen molar-refractivity contribution in [3.05, 3.63) is 41.7 Å². The standard InChI is InChI=1S/C14H15F3N2O/c1-2-4-18-5-3-13-19-8-12(20-13)14-10(16)6-9(15)7-11(14)17/h6-8,18H,2-5H2,1H3. The minimum absolute atomic E-state index is 0.0366. The molecule has 0 spiro atoms. The molecule has 6 heteroatoms. The van der Waals surface area contributed by atoms with Crippen molar-refractivity contribution in [1.82, 2.24) is 10.3 Å². The molecule has 3 nitrogen and oxygen atoms in total. The Morgan fingerprint density at radius 1 is 1.15 bits per heavy atom. The van der Waals surface area contributed by atoms with E-state index in [1.54, 1.807) is 0 Å². The van der Waals surface area contributed by atoms with E-state index >= 15 is 0 Å². The second kappa shape index (κ2) is 6.56. The molecule has 108 valence electrons. The summed E-state index contributed by atoms with van der Waals surface area (Å²) >= 11 is 0. The Labute approximate surface area is 114 Å². The Bertz CT molecular complexity index is 561. The molecular formula is C14H15F3N2O. The van der Waals surface area contributed by atoms with E-state index in [1.807, 2.05) is 0 Å². The maximum atomic E-state index is 13.6. The van der Waals surface area contributed by atoms with Gasteiger partial charge in [0.25, 0.3) is 0 Å². The zero-order valence-corrected chi connectivity index (χ0v) is 11.0. The quantitative estimate of drug-likeness (QED) is 0.827. The molecule has 1 aromatic heterocycles. The van der Waals surface area contributed by atoms with E-state index in [4.69, 9.17) is 4.42 Å². The second-order valence-corrected chi connectivity index (χ2v) is 4.36. The van der Waals surface area contributed by atoms with Crippen LogP contribution >= 0.6 is 0 Å². The number of nitrogens with zero attached hydrogens (tertiary/aromatic N) is 1. The van der Waals surface area contributed by atoms with Gasteiger partial charge in [-0.25, -0.2) is 18.2 Å². The molecule has 0 atom stereocenters. The Balaban J connectivity index is 2.13. The van der Waals surface area contributed by atoms with Gasteiger partial charge in [0, 0.05) is 25.1 Å². The lowest BCUT2D eigenvalue weighted by Crippen LogP contribution is -2.17. The summed E-state index contributed by atoms with van der Waals surface area (Å²) in [6.07, 6.45) is 2.78. The van der Waals surface area contributed by atoms with Crippen molar-refractivity contribution in [3.8, 4) is 11.3 Å². The summed E-state index contributed by atoms with van der Waals surface area (Å²) in [5.41, 5.74) is -0.397. The van der Waals surface area contributed by atoms with E-state index in [-0.39, 0.29) is 5.76 Å². The number of hydrogen-bond acceptors (Lipinski definition) is 3. The molecule has 0 aliphatic heterocycles. The molecule has 2 rings (SSSR count). The van der Waals surface area contributed by atoms with Crippen LogP contribution in [0.2, 0.25) is 0 Å². The van der Waals surface area contributed by atoms with Crippen LogP contribution in [-0.2, 0) is 6.42 Å². The molecule has 1 N–H and O–H groups in total. The van der Waals surface area contributed by atoms with Crippen LogP contribution in [0.15, 0.2) is 22.7 Å². The average Bonchev–Trinajstić information content (AvgIpc) is 2.82. The third kappa shape index (κ3) is 3.39. The van der Waals surface area contributed by atoms with Crippen molar-refractivity contribution in [1.29, 1.82) is 0 Å². The van der Waals surface area contributed by atoms with E-state index in [0.717, 1.165) is 13.0 Å². The first kappa shape index (κ1) is 14.6. The van der Waals surface area contributed by atoms with Gasteiger partial charge in [0.2, 0.25) is 0 Å². The van der Waals surface area contributed by atoms with Crippen LogP contribution in [-0.4, -0.2) is 18.1 Å². The monoisotopic (exact) mass is 284 g/mol. The first-order chi connectivity index (χ1) is 9.61. The molecule has 0 radical (unpaired) electrons. The molecule has 0 saturated heterocycles. The topological polar surface area (TPSA) is 38.1 Å². The van der Waals surface area contributed by atoms with Gasteiger partial charge in [-0.15, -0.1) is 0 Å². The first-order valence-corrected chi connectivity index (χ1v) is 6.42. The van der Waals surface area contributed by atoms with Crippen LogP contribution in [0, 0.1) is 17.5 Å². The predicted octanol–water partition coefficient (Wildman–Crippen LogP) is 3.30. The Kier molecular flexibility index (Phi) is 4.79. The maximum Gasteiger partial charge on any atom is 0.196 e. The van der Waals surface area contributed by atoms with Crippen LogP contribution in [0.25, 0.3) is 11.3 Å². The van der Waals surface area contributed by atoms with E-state index in [1.165, 1.54) is 6.20 Å².